The number of carbonyl (C=O) groups excluding carboxylic acids is 1. The molecule has 0 saturated heterocycles. The van der Waals surface area contributed by atoms with E-state index in [1.165, 1.54) is 6.33 Å². The molecule has 0 aliphatic rings. The molecule has 0 amide bonds. The van der Waals surface area contributed by atoms with Gasteiger partial charge in [0.15, 0.2) is 0 Å². The summed E-state index contributed by atoms with van der Waals surface area (Å²) in [5.74, 6) is 0.0919. The maximum Gasteiger partial charge on any atom is 0.340 e. The third-order valence-corrected chi connectivity index (χ3v) is 3.29. The molecule has 0 aliphatic heterocycles. The van der Waals surface area contributed by atoms with Gasteiger partial charge in [-0.3, -0.25) is 0 Å². The Kier molecular flexibility index (Phi) is 3.93. The molecule has 3 aromatic rings. The molecule has 0 aliphatic carbocycles. The summed E-state index contributed by atoms with van der Waals surface area (Å²) in [4.78, 5) is 23.3. The topological polar surface area (TPSA) is 79.9 Å². The van der Waals surface area contributed by atoms with Crippen LogP contribution in [0.5, 0.6) is 0 Å². The van der Waals surface area contributed by atoms with E-state index < -0.39 is 5.97 Å². The molecule has 2 N–H and O–H groups in total. The Morgan fingerprint density at radius 3 is 3.05 bits per heavy atom. The number of rotatable bonds is 4. The molecule has 0 bridgehead atoms. The zero-order valence-corrected chi connectivity index (χ0v) is 12.5. The van der Waals surface area contributed by atoms with Crippen molar-refractivity contribution in [2.45, 2.75) is 6.92 Å². The summed E-state index contributed by atoms with van der Waals surface area (Å²) < 4.78 is 5.06. The number of benzene rings is 1. The molecule has 22 heavy (non-hydrogen) atoms. The first-order valence-electron chi connectivity index (χ1n) is 6.71. The van der Waals surface area contributed by atoms with E-state index in [-0.39, 0.29) is 0 Å². The average molecular weight is 317 g/mol. The molecule has 2 aromatic heterocycles. The summed E-state index contributed by atoms with van der Waals surface area (Å²) >= 11 is 5.98. The highest BCUT2D eigenvalue weighted by Gasteiger charge is 2.18. The van der Waals surface area contributed by atoms with Gasteiger partial charge in [-0.2, -0.15) is 0 Å². The van der Waals surface area contributed by atoms with Crippen molar-refractivity contribution in [3.63, 3.8) is 0 Å². The lowest BCUT2D eigenvalue weighted by atomic mass is 10.2. The first kappa shape index (κ1) is 14.3. The lowest BCUT2D eigenvalue weighted by molar-refractivity contribution is 0.0528. The van der Waals surface area contributed by atoms with Crippen LogP contribution < -0.4 is 5.32 Å². The second-order valence-electron chi connectivity index (χ2n) is 4.50. The average Bonchev–Trinajstić information content (AvgIpc) is 2.93. The minimum atomic E-state index is -0.419. The van der Waals surface area contributed by atoms with Crippen molar-refractivity contribution in [2.24, 2.45) is 0 Å². The van der Waals surface area contributed by atoms with E-state index in [4.69, 9.17) is 16.3 Å². The summed E-state index contributed by atoms with van der Waals surface area (Å²) in [6.45, 7) is 2.06. The van der Waals surface area contributed by atoms with E-state index in [1.807, 2.05) is 12.1 Å². The van der Waals surface area contributed by atoms with E-state index in [2.05, 4.69) is 20.3 Å². The minimum Gasteiger partial charge on any atom is -0.462 e. The normalized spacial score (nSPS) is 10.6. The molecule has 7 heteroatoms. The second-order valence-corrected chi connectivity index (χ2v) is 4.94. The fraction of sp³-hybridized carbons (Fsp3) is 0.133. The second kappa shape index (κ2) is 6.03. The number of hydrogen-bond donors (Lipinski definition) is 2. The van der Waals surface area contributed by atoms with Gasteiger partial charge in [-0.25, -0.2) is 14.8 Å². The first-order chi connectivity index (χ1) is 10.7. The Bertz CT molecular complexity index is 831. The predicted octanol–water partition coefficient (Wildman–Crippen LogP) is 3.53. The van der Waals surface area contributed by atoms with Crippen LogP contribution in [0.2, 0.25) is 5.02 Å². The molecule has 2 heterocycles. The van der Waals surface area contributed by atoms with Crippen LogP contribution in [-0.4, -0.2) is 27.5 Å². The van der Waals surface area contributed by atoms with Gasteiger partial charge in [0, 0.05) is 16.9 Å². The molecule has 0 spiro atoms. The van der Waals surface area contributed by atoms with Crippen molar-refractivity contribution in [3.05, 3.63) is 47.4 Å². The Labute approximate surface area is 131 Å². The fourth-order valence-electron chi connectivity index (χ4n) is 2.13. The third-order valence-electron chi connectivity index (χ3n) is 3.05. The molecule has 0 radical (unpaired) electrons. The molecule has 0 atom stereocenters. The Hall–Kier alpha value is -2.60. The minimum absolute atomic E-state index is 0.302. The summed E-state index contributed by atoms with van der Waals surface area (Å²) in [5, 5.41) is 4.34. The highest BCUT2D eigenvalue weighted by Crippen LogP contribution is 2.27. The molecule has 112 valence electrons. The zero-order valence-electron chi connectivity index (χ0n) is 11.8. The number of aromatic nitrogens is 3. The Morgan fingerprint density at radius 1 is 1.41 bits per heavy atom. The van der Waals surface area contributed by atoms with Gasteiger partial charge in [-0.15, -0.1) is 0 Å². The van der Waals surface area contributed by atoms with Crippen LogP contribution in [0, 0.1) is 0 Å². The van der Waals surface area contributed by atoms with Crippen LogP contribution in [0.4, 0.5) is 11.5 Å². The van der Waals surface area contributed by atoms with E-state index >= 15 is 0 Å². The number of halogens is 1. The van der Waals surface area contributed by atoms with Gasteiger partial charge in [0.05, 0.1) is 17.6 Å². The van der Waals surface area contributed by atoms with Gasteiger partial charge < -0.3 is 15.0 Å². The molecule has 1 aromatic carbocycles. The maximum atomic E-state index is 12.0. The fourth-order valence-corrected chi connectivity index (χ4v) is 2.32. The van der Waals surface area contributed by atoms with Crippen LogP contribution in [-0.2, 0) is 4.74 Å². The maximum absolute atomic E-state index is 12.0. The van der Waals surface area contributed by atoms with E-state index in [0.717, 1.165) is 5.69 Å². The van der Waals surface area contributed by atoms with Gasteiger partial charge in [0.1, 0.15) is 17.8 Å². The molecule has 0 saturated carbocycles. The summed E-state index contributed by atoms with van der Waals surface area (Å²) in [6.07, 6.45) is 2.99. The van der Waals surface area contributed by atoms with Crippen molar-refractivity contribution < 1.29 is 9.53 Å². The molecule has 6 nitrogen and oxygen atoms in total. The Morgan fingerprint density at radius 2 is 2.27 bits per heavy atom. The number of nitrogens with one attached hydrogen (secondary N) is 2. The number of aromatic amines is 1. The van der Waals surface area contributed by atoms with Gasteiger partial charge in [-0.1, -0.05) is 17.7 Å². The third kappa shape index (κ3) is 2.73. The molecule has 0 unspecified atom stereocenters. The van der Waals surface area contributed by atoms with Crippen LogP contribution >= 0.6 is 11.6 Å². The number of anilines is 2. The molecule has 3 rings (SSSR count). The van der Waals surface area contributed by atoms with Crippen LogP contribution in [0.25, 0.3) is 11.0 Å². The van der Waals surface area contributed by atoms with Gasteiger partial charge in [-0.05, 0) is 25.1 Å². The number of carbonyl (C=O) groups is 1. The van der Waals surface area contributed by atoms with Crippen LogP contribution in [0.1, 0.15) is 17.3 Å². The lowest BCUT2D eigenvalue weighted by Gasteiger charge is -2.08. The van der Waals surface area contributed by atoms with E-state index in [1.54, 1.807) is 25.3 Å². The Balaban J connectivity index is 2.05. The summed E-state index contributed by atoms with van der Waals surface area (Å²) in [6, 6.07) is 7.23. The molecular formula is C15H13ClN4O2. The zero-order chi connectivity index (χ0) is 15.5. The van der Waals surface area contributed by atoms with Crippen LogP contribution in [0.3, 0.4) is 0 Å². The van der Waals surface area contributed by atoms with Crippen molar-refractivity contribution in [1.29, 1.82) is 0 Å². The first-order valence-corrected chi connectivity index (χ1v) is 7.08. The predicted molar refractivity (Wildman–Crippen MR) is 84.6 cm³/mol. The molecular weight excluding hydrogens is 304 g/mol. The smallest absolute Gasteiger partial charge is 0.340 e. The highest BCUT2D eigenvalue weighted by atomic mass is 35.5. The lowest BCUT2D eigenvalue weighted by Crippen LogP contribution is -2.05. The quantitative estimate of drug-likeness (QED) is 0.720. The summed E-state index contributed by atoms with van der Waals surface area (Å²) in [7, 11) is 0. The standard InChI is InChI=1S/C15H13ClN4O2/c1-2-22-15(21)11-7-17-13-12(11)14(19-8-18-13)20-10-5-3-4-9(16)6-10/h3-8H,2H2,1H3,(H2,17,18,19,20). The SMILES string of the molecule is CCOC(=O)c1c[nH]c2ncnc(Nc3cccc(Cl)c3)c12. The summed E-state index contributed by atoms with van der Waals surface area (Å²) in [5.41, 5.74) is 1.72. The number of ether oxygens (including phenoxy) is 1. The van der Waals surface area contributed by atoms with Gasteiger partial charge in [0.2, 0.25) is 0 Å². The monoisotopic (exact) mass is 316 g/mol. The number of fused-ring (bicyclic) bond motifs is 1. The van der Waals surface area contributed by atoms with Gasteiger partial charge in [0.25, 0.3) is 0 Å². The van der Waals surface area contributed by atoms with Crippen molar-refractivity contribution >= 4 is 40.1 Å². The van der Waals surface area contributed by atoms with Crippen LogP contribution in [0.15, 0.2) is 36.8 Å². The number of nitrogens with zero attached hydrogens (tertiary/aromatic N) is 2. The van der Waals surface area contributed by atoms with Crippen molar-refractivity contribution in [3.8, 4) is 0 Å². The molecule has 0 fully saturated rings. The van der Waals surface area contributed by atoms with Crippen molar-refractivity contribution in [1.82, 2.24) is 15.0 Å². The number of esters is 1. The largest absolute Gasteiger partial charge is 0.462 e. The number of H-pyrrole nitrogens is 1. The number of hydrogen-bond acceptors (Lipinski definition) is 5. The highest BCUT2D eigenvalue weighted by molar-refractivity contribution is 6.30. The van der Waals surface area contributed by atoms with Gasteiger partial charge >= 0.3 is 5.97 Å². The van der Waals surface area contributed by atoms with E-state index in [9.17, 15) is 4.79 Å². The van der Waals surface area contributed by atoms with Crippen molar-refractivity contribution in [2.75, 3.05) is 11.9 Å². The van der Waals surface area contributed by atoms with E-state index in [0.29, 0.717) is 34.0 Å².